The molecule has 0 saturated heterocycles. The Balaban J connectivity index is 1.57. The van der Waals surface area contributed by atoms with Crippen molar-refractivity contribution in [2.24, 2.45) is 0 Å². The maximum Gasteiger partial charge on any atom is 0.573 e. The Labute approximate surface area is 168 Å². The van der Waals surface area contributed by atoms with Crippen molar-refractivity contribution >= 4 is 21.4 Å². The van der Waals surface area contributed by atoms with Crippen LogP contribution in [0.3, 0.4) is 0 Å². The van der Waals surface area contributed by atoms with Crippen LogP contribution in [0.5, 0.6) is 5.75 Å². The lowest BCUT2D eigenvalue weighted by Crippen LogP contribution is -2.17. The first-order valence-electron chi connectivity index (χ1n) is 8.36. The number of hydrogen-bond donors (Lipinski definition) is 1. The van der Waals surface area contributed by atoms with Gasteiger partial charge in [0.1, 0.15) is 12.1 Å². The van der Waals surface area contributed by atoms with Gasteiger partial charge in [-0.25, -0.2) is 8.42 Å². The van der Waals surface area contributed by atoms with Crippen LogP contribution in [0.15, 0.2) is 71.9 Å². The molecule has 154 valence electrons. The maximum absolute atomic E-state index is 12.6. The summed E-state index contributed by atoms with van der Waals surface area (Å²) in [5.74, 6) is -0.515. The third-order valence-electron chi connectivity index (χ3n) is 3.94. The second kappa shape index (κ2) is 7.30. The van der Waals surface area contributed by atoms with Crippen LogP contribution in [0.25, 0.3) is 16.9 Å². The van der Waals surface area contributed by atoms with Crippen LogP contribution < -0.4 is 9.46 Å². The molecule has 0 radical (unpaired) electrons. The molecule has 2 aromatic carbocycles. The number of sulfonamides is 1. The highest BCUT2D eigenvalue weighted by Gasteiger charge is 2.31. The van der Waals surface area contributed by atoms with Gasteiger partial charge in [0.05, 0.1) is 10.6 Å². The molecule has 0 amide bonds. The average molecular weight is 435 g/mol. The lowest BCUT2D eigenvalue weighted by atomic mass is 10.1. The van der Waals surface area contributed by atoms with Crippen molar-refractivity contribution in [3.8, 4) is 17.0 Å². The molecule has 2 aromatic heterocycles. The number of benzene rings is 2. The van der Waals surface area contributed by atoms with E-state index in [-0.39, 0.29) is 10.6 Å². The lowest BCUT2D eigenvalue weighted by molar-refractivity contribution is -0.274. The zero-order valence-corrected chi connectivity index (χ0v) is 15.7. The van der Waals surface area contributed by atoms with Crippen LogP contribution in [-0.2, 0) is 10.0 Å². The number of ether oxygens (including phenoxy) is 1. The van der Waals surface area contributed by atoms with Crippen molar-refractivity contribution in [1.29, 1.82) is 0 Å². The Kier molecular flexibility index (Phi) is 4.78. The van der Waals surface area contributed by atoms with Gasteiger partial charge in [-0.2, -0.15) is 9.61 Å². The minimum atomic E-state index is -4.86. The minimum Gasteiger partial charge on any atom is -0.406 e. The smallest absolute Gasteiger partial charge is 0.406 e. The van der Waals surface area contributed by atoms with Gasteiger partial charge in [-0.05, 0) is 48.5 Å². The number of aromatic nitrogens is 4. The van der Waals surface area contributed by atoms with E-state index in [1.165, 1.54) is 10.8 Å². The molecule has 0 spiro atoms. The predicted octanol–water partition coefficient (Wildman–Crippen LogP) is 3.49. The third kappa shape index (κ3) is 4.33. The molecule has 0 bridgehead atoms. The van der Waals surface area contributed by atoms with Crippen molar-refractivity contribution in [3.63, 3.8) is 0 Å². The number of fused-ring (bicyclic) bond motifs is 1. The van der Waals surface area contributed by atoms with Crippen LogP contribution in [0.4, 0.5) is 18.9 Å². The number of hydrogen-bond acceptors (Lipinski definition) is 6. The van der Waals surface area contributed by atoms with E-state index in [1.54, 1.807) is 36.4 Å². The molecule has 4 rings (SSSR count). The molecule has 0 saturated carbocycles. The summed E-state index contributed by atoms with van der Waals surface area (Å²) in [7, 11) is -4.03. The highest BCUT2D eigenvalue weighted by molar-refractivity contribution is 7.92. The van der Waals surface area contributed by atoms with Gasteiger partial charge in [-0.15, -0.1) is 23.4 Å². The zero-order valence-electron chi connectivity index (χ0n) is 14.9. The average Bonchev–Trinajstić information content (AvgIpc) is 3.15. The van der Waals surface area contributed by atoms with Crippen LogP contribution >= 0.6 is 0 Å². The number of nitrogens with zero attached hydrogens (tertiary/aromatic N) is 4. The molecule has 4 aromatic rings. The first-order valence-corrected chi connectivity index (χ1v) is 9.84. The van der Waals surface area contributed by atoms with Crippen LogP contribution in [0.1, 0.15) is 0 Å². The first-order chi connectivity index (χ1) is 14.2. The predicted molar refractivity (Wildman–Crippen MR) is 100 cm³/mol. The van der Waals surface area contributed by atoms with Gasteiger partial charge in [-0.1, -0.05) is 12.1 Å². The van der Waals surface area contributed by atoms with Crippen molar-refractivity contribution in [2.45, 2.75) is 11.3 Å². The Hall–Kier alpha value is -3.67. The van der Waals surface area contributed by atoms with E-state index in [1.807, 2.05) is 0 Å². The zero-order chi connectivity index (χ0) is 21.4. The summed E-state index contributed by atoms with van der Waals surface area (Å²) >= 11 is 0. The van der Waals surface area contributed by atoms with E-state index >= 15 is 0 Å². The second-order valence-corrected chi connectivity index (χ2v) is 7.74. The van der Waals surface area contributed by atoms with Crippen LogP contribution in [0, 0.1) is 0 Å². The number of alkyl halides is 3. The number of halogens is 3. The quantitative estimate of drug-likeness (QED) is 0.515. The molecule has 0 aliphatic heterocycles. The standard InChI is InChI=1S/C18H12F3N5O3S/c19-18(20,21)29-14-4-6-15(7-5-14)30(27,28)25-13-3-1-2-12(10-13)16-8-9-17-23-22-11-26(17)24-16/h1-11,25H. The van der Waals surface area contributed by atoms with Crippen LogP contribution in [0.2, 0.25) is 0 Å². The van der Waals surface area contributed by atoms with Crippen molar-refractivity contribution in [3.05, 3.63) is 67.0 Å². The Morgan fingerprint density at radius 1 is 1.00 bits per heavy atom. The van der Waals surface area contributed by atoms with Crippen LogP contribution in [-0.4, -0.2) is 34.6 Å². The number of nitrogens with one attached hydrogen (secondary N) is 1. The molecule has 0 aliphatic rings. The molecule has 30 heavy (non-hydrogen) atoms. The van der Waals surface area contributed by atoms with Gasteiger partial charge in [-0.3, -0.25) is 4.72 Å². The number of anilines is 1. The fourth-order valence-electron chi connectivity index (χ4n) is 2.66. The molecule has 0 fully saturated rings. The maximum atomic E-state index is 12.6. The monoisotopic (exact) mass is 435 g/mol. The lowest BCUT2D eigenvalue weighted by Gasteiger charge is -2.11. The molecule has 2 heterocycles. The first kappa shape index (κ1) is 19.6. The highest BCUT2D eigenvalue weighted by atomic mass is 32.2. The summed E-state index contributed by atoms with van der Waals surface area (Å²) in [5, 5.41) is 12.0. The molecule has 0 unspecified atom stereocenters. The summed E-state index contributed by atoms with van der Waals surface area (Å²) in [5.41, 5.74) is 2.03. The summed E-state index contributed by atoms with van der Waals surface area (Å²) < 4.78 is 69.5. The Morgan fingerprint density at radius 2 is 1.77 bits per heavy atom. The molecule has 0 atom stereocenters. The summed E-state index contributed by atoms with van der Waals surface area (Å²) in [4.78, 5) is -0.216. The number of rotatable bonds is 5. The molecule has 8 nitrogen and oxygen atoms in total. The molecule has 1 N–H and O–H groups in total. The highest BCUT2D eigenvalue weighted by Crippen LogP contribution is 2.26. The van der Waals surface area contributed by atoms with Crippen molar-refractivity contribution in [1.82, 2.24) is 19.8 Å². The van der Waals surface area contributed by atoms with Gasteiger partial charge in [0.2, 0.25) is 0 Å². The van der Waals surface area contributed by atoms with Gasteiger partial charge in [0, 0.05) is 11.3 Å². The van der Waals surface area contributed by atoms with E-state index in [2.05, 4.69) is 24.8 Å². The van der Waals surface area contributed by atoms with Gasteiger partial charge >= 0.3 is 6.36 Å². The molecule has 12 heteroatoms. The van der Waals surface area contributed by atoms with E-state index < -0.39 is 22.1 Å². The van der Waals surface area contributed by atoms with E-state index in [0.717, 1.165) is 24.3 Å². The van der Waals surface area contributed by atoms with Gasteiger partial charge in [0.15, 0.2) is 5.65 Å². The second-order valence-electron chi connectivity index (χ2n) is 6.06. The third-order valence-corrected chi connectivity index (χ3v) is 5.34. The SMILES string of the molecule is O=S(=O)(Nc1cccc(-c2ccc3nncn3n2)c1)c1ccc(OC(F)(F)F)cc1. The fraction of sp³-hybridized carbons (Fsp3) is 0.0556. The van der Waals surface area contributed by atoms with E-state index in [4.69, 9.17) is 0 Å². The minimum absolute atomic E-state index is 0.216. The van der Waals surface area contributed by atoms with Crippen molar-refractivity contribution < 1.29 is 26.3 Å². The Bertz CT molecular complexity index is 1300. The molecular formula is C18H12F3N5O3S. The van der Waals surface area contributed by atoms with Gasteiger partial charge < -0.3 is 4.74 Å². The summed E-state index contributed by atoms with van der Waals surface area (Å²) in [6.45, 7) is 0. The van der Waals surface area contributed by atoms with Crippen molar-refractivity contribution in [2.75, 3.05) is 4.72 Å². The Morgan fingerprint density at radius 3 is 2.50 bits per heavy atom. The van der Waals surface area contributed by atoms with Gasteiger partial charge in [0.25, 0.3) is 10.0 Å². The molecular weight excluding hydrogens is 423 g/mol. The van der Waals surface area contributed by atoms with E-state index in [0.29, 0.717) is 16.9 Å². The topological polar surface area (TPSA) is 98.5 Å². The normalized spacial score (nSPS) is 12.1. The molecule has 0 aliphatic carbocycles. The van der Waals surface area contributed by atoms with E-state index in [9.17, 15) is 21.6 Å². The summed E-state index contributed by atoms with van der Waals surface area (Å²) in [6, 6.07) is 13.9. The largest absolute Gasteiger partial charge is 0.573 e. The summed E-state index contributed by atoms with van der Waals surface area (Å²) in [6.07, 6.45) is -3.42. The fourth-order valence-corrected chi connectivity index (χ4v) is 3.71.